The Balaban J connectivity index is 2.38. The van der Waals surface area contributed by atoms with Crippen molar-refractivity contribution >= 4 is 11.8 Å². The van der Waals surface area contributed by atoms with Crippen LogP contribution in [0, 0.1) is 13.8 Å². The van der Waals surface area contributed by atoms with Crippen molar-refractivity contribution in [3.05, 3.63) is 16.8 Å². The number of hydrogen-bond donors (Lipinski definition) is 1. The van der Waals surface area contributed by atoms with Gasteiger partial charge in [0.15, 0.2) is 5.82 Å². The topological polar surface area (TPSA) is 69.6 Å². The van der Waals surface area contributed by atoms with E-state index >= 15 is 0 Å². The number of anilines is 1. The third-order valence-electron chi connectivity index (χ3n) is 3.67. The Bertz CT molecular complexity index is 490. The van der Waals surface area contributed by atoms with Gasteiger partial charge in [-0.3, -0.25) is 0 Å². The number of carboxylic acids is 1. The predicted octanol–water partition coefficient (Wildman–Crippen LogP) is 0.934. The second-order valence-corrected chi connectivity index (χ2v) is 5.06. The summed E-state index contributed by atoms with van der Waals surface area (Å²) < 4.78 is 0. The minimum Gasteiger partial charge on any atom is -0.478 e. The minimum atomic E-state index is -0.928. The first kappa shape index (κ1) is 13.7. The molecule has 2 rings (SSSR count). The average Bonchev–Trinajstić information content (AvgIpc) is 2.57. The van der Waals surface area contributed by atoms with E-state index in [4.69, 9.17) is 0 Å². The van der Waals surface area contributed by atoms with Gasteiger partial charge in [0.05, 0.1) is 5.69 Å². The summed E-state index contributed by atoms with van der Waals surface area (Å²) in [4.78, 5) is 15.8. The quantitative estimate of drug-likeness (QED) is 0.857. The van der Waals surface area contributed by atoms with E-state index in [0.29, 0.717) is 17.1 Å². The molecule has 0 aromatic carbocycles. The first-order valence-corrected chi connectivity index (χ1v) is 6.51. The van der Waals surface area contributed by atoms with Crippen molar-refractivity contribution in [2.45, 2.75) is 20.3 Å². The number of likely N-dealkylation sites (N-methyl/N-ethyl adjacent to an activating group) is 1. The van der Waals surface area contributed by atoms with Crippen LogP contribution < -0.4 is 4.90 Å². The minimum absolute atomic E-state index is 0.289. The van der Waals surface area contributed by atoms with E-state index in [9.17, 15) is 9.90 Å². The largest absolute Gasteiger partial charge is 0.478 e. The van der Waals surface area contributed by atoms with Crippen LogP contribution in [0.25, 0.3) is 0 Å². The monoisotopic (exact) mass is 264 g/mol. The molecule has 0 unspecified atom stereocenters. The van der Waals surface area contributed by atoms with E-state index in [0.717, 1.165) is 32.6 Å². The highest BCUT2D eigenvalue weighted by molar-refractivity contribution is 5.95. The number of nitrogens with zero attached hydrogens (tertiary/aromatic N) is 4. The van der Waals surface area contributed by atoms with Gasteiger partial charge in [-0.15, -0.1) is 5.10 Å². The first-order chi connectivity index (χ1) is 9.00. The first-order valence-electron chi connectivity index (χ1n) is 6.51. The molecule has 1 aromatic rings. The van der Waals surface area contributed by atoms with Gasteiger partial charge >= 0.3 is 5.97 Å². The van der Waals surface area contributed by atoms with Gasteiger partial charge in [0.25, 0.3) is 0 Å². The highest BCUT2D eigenvalue weighted by Crippen LogP contribution is 2.23. The van der Waals surface area contributed by atoms with Crippen LogP contribution >= 0.6 is 0 Å². The van der Waals surface area contributed by atoms with Crippen molar-refractivity contribution in [1.29, 1.82) is 0 Å². The van der Waals surface area contributed by atoms with E-state index in [1.54, 1.807) is 13.8 Å². The zero-order valence-electron chi connectivity index (χ0n) is 11.7. The lowest BCUT2D eigenvalue weighted by atomic mass is 10.1. The summed E-state index contributed by atoms with van der Waals surface area (Å²) in [5.74, 6) is -0.422. The maximum absolute atomic E-state index is 11.5. The van der Waals surface area contributed by atoms with Crippen molar-refractivity contribution in [3.8, 4) is 0 Å². The Morgan fingerprint density at radius 3 is 2.58 bits per heavy atom. The molecule has 1 aliphatic rings. The van der Waals surface area contributed by atoms with Crippen LogP contribution in [-0.4, -0.2) is 59.4 Å². The summed E-state index contributed by atoms with van der Waals surface area (Å²) >= 11 is 0. The predicted molar refractivity (Wildman–Crippen MR) is 72.8 cm³/mol. The van der Waals surface area contributed by atoms with Gasteiger partial charge in [-0.2, -0.15) is 5.10 Å². The molecule has 0 spiro atoms. The van der Waals surface area contributed by atoms with Gasteiger partial charge in [0, 0.05) is 19.6 Å². The van der Waals surface area contributed by atoms with Gasteiger partial charge in [-0.05, 0) is 39.4 Å². The van der Waals surface area contributed by atoms with E-state index < -0.39 is 5.97 Å². The summed E-state index contributed by atoms with van der Waals surface area (Å²) in [5, 5.41) is 17.6. The molecule has 19 heavy (non-hydrogen) atoms. The zero-order chi connectivity index (χ0) is 14.0. The molecular formula is C13H20N4O2. The normalized spacial score (nSPS) is 17.3. The van der Waals surface area contributed by atoms with Gasteiger partial charge in [0.1, 0.15) is 5.56 Å². The number of aromatic nitrogens is 2. The van der Waals surface area contributed by atoms with Crippen molar-refractivity contribution in [1.82, 2.24) is 15.1 Å². The Kier molecular flexibility index (Phi) is 3.99. The van der Waals surface area contributed by atoms with Gasteiger partial charge in [-0.1, -0.05) is 0 Å². The Morgan fingerprint density at radius 2 is 1.89 bits per heavy atom. The number of hydrogen-bond acceptors (Lipinski definition) is 5. The smallest absolute Gasteiger partial charge is 0.339 e. The second-order valence-electron chi connectivity index (χ2n) is 5.06. The highest BCUT2D eigenvalue weighted by Gasteiger charge is 2.23. The summed E-state index contributed by atoms with van der Waals surface area (Å²) in [5.41, 5.74) is 1.67. The van der Waals surface area contributed by atoms with Gasteiger partial charge in [-0.25, -0.2) is 4.79 Å². The molecule has 1 N–H and O–H groups in total. The molecule has 1 fully saturated rings. The Labute approximate surface area is 113 Å². The molecule has 0 amide bonds. The van der Waals surface area contributed by atoms with Crippen LogP contribution in [0.3, 0.4) is 0 Å². The number of rotatable bonds is 2. The van der Waals surface area contributed by atoms with Gasteiger partial charge in [0.2, 0.25) is 0 Å². The molecule has 1 aliphatic heterocycles. The molecule has 6 heteroatoms. The molecular weight excluding hydrogens is 244 g/mol. The van der Waals surface area contributed by atoms with Crippen molar-refractivity contribution < 1.29 is 9.90 Å². The third-order valence-corrected chi connectivity index (χ3v) is 3.67. The third kappa shape index (κ3) is 2.84. The number of carbonyl (C=O) groups is 1. The Hall–Kier alpha value is -1.69. The van der Waals surface area contributed by atoms with E-state index in [1.165, 1.54) is 0 Å². The van der Waals surface area contributed by atoms with Gasteiger partial charge < -0.3 is 14.9 Å². The summed E-state index contributed by atoms with van der Waals surface area (Å²) in [6, 6.07) is 0. The molecule has 104 valence electrons. The second kappa shape index (κ2) is 5.52. The summed E-state index contributed by atoms with van der Waals surface area (Å²) in [7, 11) is 2.08. The fourth-order valence-corrected chi connectivity index (χ4v) is 2.33. The van der Waals surface area contributed by atoms with Crippen molar-refractivity contribution in [2.24, 2.45) is 0 Å². The van der Waals surface area contributed by atoms with Crippen LogP contribution in [0.4, 0.5) is 5.82 Å². The van der Waals surface area contributed by atoms with Crippen LogP contribution in [0.15, 0.2) is 0 Å². The number of aromatic carboxylic acids is 1. The fourth-order valence-electron chi connectivity index (χ4n) is 2.33. The molecule has 0 aliphatic carbocycles. The summed E-state index contributed by atoms with van der Waals surface area (Å²) in [6.45, 7) is 7.12. The zero-order valence-corrected chi connectivity index (χ0v) is 11.7. The average molecular weight is 264 g/mol. The lowest BCUT2D eigenvalue weighted by molar-refractivity contribution is 0.0696. The molecule has 0 bridgehead atoms. The van der Waals surface area contributed by atoms with Crippen LogP contribution in [-0.2, 0) is 0 Å². The Morgan fingerprint density at radius 1 is 1.16 bits per heavy atom. The molecule has 0 saturated carbocycles. The number of aryl methyl sites for hydroxylation is 1. The number of carboxylic acid groups (broad SMARTS) is 1. The fraction of sp³-hybridized carbons (Fsp3) is 0.615. The van der Waals surface area contributed by atoms with E-state index in [2.05, 4.69) is 22.1 Å². The van der Waals surface area contributed by atoms with E-state index in [-0.39, 0.29) is 5.56 Å². The van der Waals surface area contributed by atoms with Crippen molar-refractivity contribution in [2.75, 3.05) is 38.1 Å². The SMILES string of the molecule is Cc1nnc(N2CCCN(C)CC2)c(C(=O)O)c1C. The standard InChI is InChI=1S/C13H20N4O2/c1-9-10(2)14-15-12(11(9)13(18)19)17-6-4-5-16(3)7-8-17/h4-8H2,1-3H3,(H,18,19). The lowest BCUT2D eigenvalue weighted by Gasteiger charge is -2.23. The maximum Gasteiger partial charge on any atom is 0.339 e. The molecule has 1 aromatic heterocycles. The summed E-state index contributed by atoms with van der Waals surface area (Å²) in [6.07, 6.45) is 1.00. The van der Waals surface area contributed by atoms with Crippen LogP contribution in [0.5, 0.6) is 0 Å². The lowest BCUT2D eigenvalue weighted by Crippen LogP contribution is -2.31. The van der Waals surface area contributed by atoms with Crippen LogP contribution in [0.1, 0.15) is 28.0 Å². The van der Waals surface area contributed by atoms with Crippen LogP contribution in [0.2, 0.25) is 0 Å². The van der Waals surface area contributed by atoms with E-state index in [1.807, 2.05) is 4.90 Å². The van der Waals surface area contributed by atoms with Crippen molar-refractivity contribution in [3.63, 3.8) is 0 Å². The molecule has 6 nitrogen and oxygen atoms in total. The molecule has 2 heterocycles. The maximum atomic E-state index is 11.5. The molecule has 0 radical (unpaired) electrons. The highest BCUT2D eigenvalue weighted by atomic mass is 16.4. The molecule has 0 atom stereocenters. The molecule has 1 saturated heterocycles.